The van der Waals surface area contributed by atoms with Gasteiger partial charge in [0, 0.05) is 12.8 Å². The molecule has 18 heavy (non-hydrogen) atoms. The minimum Gasteiger partial charge on any atom is -0.434 e. The van der Waals surface area contributed by atoms with Crippen molar-refractivity contribution in [2.45, 2.75) is 19.8 Å². The zero-order chi connectivity index (χ0) is 13.2. The Hall–Kier alpha value is -2.04. The summed E-state index contributed by atoms with van der Waals surface area (Å²) in [6.45, 7) is 1.47. The number of hydrogen-bond donors (Lipinski definition) is 0. The summed E-state index contributed by atoms with van der Waals surface area (Å²) in [7, 11) is 0. The van der Waals surface area contributed by atoms with Crippen molar-refractivity contribution in [1.29, 1.82) is 0 Å². The van der Waals surface area contributed by atoms with Crippen LogP contribution in [0.1, 0.15) is 18.9 Å². The van der Waals surface area contributed by atoms with Gasteiger partial charge in [0.25, 0.3) is 0 Å². The third-order valence-corrected chi connectivity index (χ3v) is 2.14. The number of ether oxygens (including phenoxy) is 3. The third kappa shape index (κ3) is 5.89. The summed E-state index contributed by atoms with van der Waals surface area (Å²) in [5.41, 5.74) is 1.07. The van der Waals surface area contributed by atoms with E-state index in [1.165, 1.54) is 0 Å². The Morgan fingerprint density at radius 3 is 2.44 bits per heavy atom. The van der Waals surface area contributed by atoms with E-state index in [0.29, 0.717) is 6.42 Å². The molecule has 0 radical (unpaired) electrons. The molecule has 0 aliphatic heterocycles. The largest absolute Gasteiger partial charge is 0.511 e. The zero-order valence-electron chi connectivity index (χ0n) is 10.3. The molecule has 5 heteroatoms. The topological polar surface area (TPSA) is 61.8 Å². The smallest absolute Gasteiger partial charge is 0.434 e. The quantitative estimate of drug-likeness (QED) is 0.574. The van der Waals surface area contributed by atoms with Gasteiger partial charge in [-0.2, -0.15) is 0 Å². The van der Waals surface area contributed by atoms with Crippen LogP contribution in [-0.2, 0) is 25.4 Å². The number of rotatable bonds is 6. The maximum atomic E-state index is 11.1. The molecule has 1 rings (SSSR count). The molecule has 0 aliphatic carbocycles. The van der Waals surface area contributed by atoms with Crippen LogP contribution in [0.15, 0.2) is 30.3 Å². The second kappa shape index (κ2) is 8.11. The van der Waals surface area contributed by atoms with Gasteiger partial charge in [0.2, 0.25) is 6.79 Å². The summed E-state index contributed by atoms with van der Waals surface area (Å²) in [6.07, 6.45) is 0.0201. The molecule has 0 N–H and O–H groups in total. The van der Waals surface area contributed by atoms with Crippen LogP contribution in [0.25, 0.3) is 0 Å². The van der Waals surface area contributed by atoms with Crippen LogP contribution in [-0.4, -0.2) is 25.5 Å². The Morgan fingerprint density at radius 1 is 1.06 bits per heavy atom. The summed E-state index contributed by atoms with van der Waals surface area (Å²) in [5.74, 6) is -0.424. The lowest BCUT2D eigenvalue weighted by Gasteiger charge is -2.06. The van der Waals surface area contributed by atoms with Crippen LogP contribution in [0.3, 0.4) is 0 Å². The molecule has 1 aromatic carbocycles. The minimum atomic E-state index is -0.838. The van der Waals surface area contributed by atoms with E-state index in [9.17, 15) is 9.59 Å². The summed E-state index contributed by atoms with van der Waals surface area (Å²) < 4.78 is 13.9. The van der Waals surface area contributed by atoms with Crippen molar-refractivity contribution in [1.82, 2.24) is 0 Å². The average molecular weight is 252 g/mol. The van der Waals surface area contributed by atoms with E-state index < -0.39 is 18.9 Å². The first-order chi connectivity index (χ1) is 8.72. The maximum Gasteiger partial charge on any atom is 0.511 e. The van der Waals surface area contributed by atoms with Crippen molar-refractivity contribution in [2.24, 2.45) is 0 Å². The first-order valence-corrected chi connectivity index (χ1v) is 5.71. The van der Waals surface area contributed by atoms with Crippen molar-refractivity contribution in [3.63, 3.8) is 0 Å². The normalized spacial score (nSPS) is 9.61. The second-order valence-corrected chi connectivity index (χ2v) is 3.47. The van der Waals surface area contributed by atoms with E-state index in [1.54, 1.807) is 6.92 Å². The Kier molecular flexibility index (Phi) is 6.32. The lowest BCUT2D eigenvalue weighted by molar-refractivity contribution is -0.152. The Balaban J connectivity index is 2.09. The highest BCUT2D eigenvalue weighted by molar-refractivity contribution is 5.69. The van der Waals surface area contributed by atoms with E-state index in [2.05, 4.69) is 9.47 Å². The van der Waals surface area contributed by atoms with Crippen LogP contribution in [0.4, 0.5) is 4.79 Å². The molecule has 0 spiro atoms. The highest BCUT2D eigenvalue weighted by atomic mass is 16.8. The van der Waals surface area contributed by atoms with Gasteiger partial charge in [-0.3, -0.25) is 4.79 Å². The first-order valence-electron chi connectivity index (χ1n) is 5.71. The van der Waals surface area contributed by atoms with Gasteiger partial charge in [0.05, 0.1) is 6.61 Å². The summed E-state index contributed by atoms with van der Waals surface area (Å²) >= 11 is 0. The van der Waals surface area contributed by atoms with Gasteiger partial charge in [-0.1, -0.05) is 37.3 Å². The van der Waals surface area contributed by atoms with Crippen molar-refractivity contribution < 1.29 is 23.8 Å². The van der Waals surface area contributed by atoms with E-state index in [1.807, 2.05) is 30.3 Å². The van der Waals surface area contributed by atoms with Crippen LogP contribution in [0, 0.1) is 0 Å². The molecule has 0 unspecified atom stereocenters. The number of hydrogen-bond acceptors (Lipinski definition) is 5. The molecule has 0 heterocycles. The van der Waals surface area contributed by atoms with Crippen molar-refractivity contribution in [2.75, 3.05) is 13.4 Å². The molecule has 0 bridgehead atoms. The molecule has 1 aromatic rings. The van der Waals surface area contributed by atoms with Gasteiger partial charge in [-0.05, 0) is 5.56 Å². The van der Waals surface area contributed by atoms with Crippen LogP contribution >= 0.6 is 0 Å². The predicted molar refractivity (Wildman–Crippen MR) is 63.8 cm³/mol. The fourth-order valence-electron chi connectivity index (χ4n) is 1.18. The SMILES string of the molecule is CCC(=O)OCOC(=O)OCCc1ccccc1. The van der Waals surface area contributed by atoms with Crippen LogP contribution < -0.4 is 0 Å². The van der Waals surface area contributed by atoms with Crippen LogP contribution in [0.5, 0.6) is 0 Å². The molecular weight excluding hydrogens is 236 g/mol. The third-order valence-electron chi connectivity index (χ3n) is 2.14. The average Bonchev–Trinajstić information content (AvgIpc) is 2.39. The molecule has 5 nitrogen and oxygen atoms in total. The van der Waals surface area contributed by atoms with Gasteiger partial charge in [-0.25, -0.2) is 4.79 Å². The summed E-state index contributed by atoms with van der Waals surface area (Å²) in [6, 6.07) is 9.63. The fraction of sp³-hybridized carbons (Fsp3) is 0.385. The first kappa shape index (κ1) is 14.0. The van der Waals surface area contributed by atoms with E-state index >= 15 is 0 Å². The highest BCUT2D eigenvalue weighted by Gasteiger charge is 2.05. The lowest BCUT2D eigenvalue weighted by atomic mass is 10.2. The maximum absolute atomic E-state index is 11.1. The monoisotopic (exact) mass is 252 g/mol. The number of esters is 1. The molecule has 0 saturated heterocycles. The molecule has 0 atom stereocenters. The van der Waals surface area contributed by atoms with Crippen molar-refractivity contribution in [3.8, 4) is 0 Å². The molecule has 0 fully saturated rings. The number of carbonyl (C=O) groups is 2. The fourth-order valence-corrected chi connectivity index (χ4v) is 1.18. The van der Waals surface area contributed by atoms with Crippen LogP contribution in [0.2, 0.25) is 0 Å². The van der Waals surface area contributed by atoms with Gasteiger partial charge in [0.15, 0.2) is 0 Å². The second-order valence-electron chi connectivity index (χ2n) is 3.47. The Bertz CT molecular complexity index is 374. The van der Waals surface area contributed by atoms with Crippen molar-refractivity contribution >= 4 is 12.1 Å². The zero-order valence-corrected chi connectivity index (χ0v) is 10.3. The van der Waals surface area contributed by atoms with E-state index in [4.69, 9.17) is 4.74 Å². The molecule has 0 saturated carbocycles. The van der Waals surface area contributed by atoms with E-state index in [-0.39, 0.29) is 13.0 Å². The van der Waals surface area contributed by atoms with Gasteiger partial charge in [0.1, 0.15) is 0 Å². The minimum absolute atomic E-state index is 0.227. The van der Waals surface area contributed by atoms with E-state index in [0.717, 1.165) is 5.56 Å². The summed E-state index contributed by atoms with van der Waals surface area (Å²) in [5, 5.41) is 0. The Labute approximate surface area is 106 Å². The molecule has 0 aliphatic rings. The standard InChI is InChI=1S/C13H16O5/c1-2-12(14)17-10-18-13(15)16-9-8-11-6-4-3-5-7-11/h3-7H,2,8-10H2,1H3. The summed E-state index contributed by atoms with van der Waals surface area (Å²) in [4.78, 5) is 21.8. The highest BCUT2D eigenvalue weighted by Crippen LogP contribution is 2.00. The van der Waals surface area contributed by atoms with Crippen molar-refractivity contribution in [3.05, 3.63) is 35.9 Å². The molecule has 0 amide bonds. The van der Waals surface area contributed by atoms with Gasteiger partial charge < -0.3 is 14.2 Å². The number of carbonyl (C=O) groups excluding carboxylic acids is 2. The number of benzene rings is 1. The predicted octanol–water partition coefficient (Wildman–Crippen LogP) is 2.29. The molecule has 0 aromatic heterocycles. The molecule has 98 valence electrons. The lowest BCUT2D eigenvalue weighted by Crippen LogP contribution is -2.14. The van der Waals surface area contributed by atoms with Gasteiger partial charge in [-0.15, -0.1) is 0 Å². The Morgan fingerprint density at radius 2 is 1.78 bits per heavy atom. The molecular formula is C13H16O5. The van der Waals surface area contributed by atoms with Gasteiger partial charge >= 0.3 is 12.1 Å².